The Bertz CT molecular complexity index is 131. The van der Waals surface area contributed by atoms with Crippen LogP contribution in [-0.2, 0) is 0 Å². The number of hydrogen-bond acceptors (Lipinski definition) is 1. The van der Waals surface area contributed by atoms with Crippen LogP contribution in [0.25, 0.3) is 0 Å². The van der Waals surface area contributed by atoms with Gasteiger partial charge in [0.15, 0.2) is 0 Å². The molecule has 1 saturated carbocycles. The molecule has 0 heterocycles. The lowest BCUT2D eigenvalue weighted by molar-refractivity contribution is 0.140. The van der Waals surface area contributed by atoms with Gasteiger partial charge in [0, 0.05) is 6.61 Å². The van der Waals surface area contributed by atoms with E-state index in [1.807, 2.05) is 0 Å². The third-order valence-electron chi connectivity index (χ3n) is 3.20. The molecule has 0 unspecified atom stereocenters. The van der Waals surface area contributed by atoms with Crippen molar-refractivity contribution in [2.45, 2.75) is 40.0 Å². The first-order valence-electron chi connectivity index (χ1n) is 4.68. The molecule has 1 nitrogen and oxygen atoms in total. The minimum Gasteiger partial charge on any atom is -0.396 e. The van der Waals surface area contributed by atoms with E-state index in [4.69, 9.17) is 5.11 Å². The summed E-state index contributed by atoms with van der Waals surface area (Å²) in [5, 5.41) is 9.12. The minimum atomic E-state index is 0.245. The second-order valence-electron chi connectivity index (χ2n) is 4.72. The van der Waals surface area contributed by atoms with Crippen LogP contribution in [0.2, 0.25) is 0 Å². The number of aliphatic hydroxyl groups excluding tert-OH is 1. The maximum atomic E-state index is 9.12. The van der Waals surface area contributed by atoms with Crippen LogP contribution < -0.4 is 0 Å². The molecule has 66 valence electrons. The van der Waals surface area contributed by atoms with E-state index in [2.05, 4.69) is 20.8 Å². The van der Waals surface area contributed by atoms with Crippen molar-refractivity contribution >= 4 is 0 Å². The van der Waals surface area contributed by atoms with Gasteiger partial charge in [0.2, 0.25) is 0 Å². The molecule has 1 rings (SSSR count). The van der Waals surface area contributed by atoms with Gasteiger partial charge in [-0.15, -0.1) is 0 Å². The van der Waals surface area contributed by atoms with E-state index >= 15 is 0 Å². The lowest BCUT2D eigenvalue weighted by Crippen LogP contribution is -2.17. The smallest absolute Gasteiger partial charge is 0.0484 e. The molecule has 2 atom stereocenters. The molecular formula is C10H20O. The van der Waals surface area contributed by atoms with Gasteiger partial charge < -0.3 is 5.11 Å². The van der Waals surface area contributed by atoms with Crippen LogP contribution in [0.1, 0.15) is 40.0 Å². The Balaban J connectivity index is 2.46. The molecule has 1 heteroatoms. The van der Waals surface area contributed by atoms with Crippen molar-refractivity contribution in [3.8, 4) is 0 Å². The molecule has 1 aliphatic rings. The van der Waals surface area contributed by atoms with Gasteiger partial charge >= 0.3 is 0 Å². The molecule has 0 bridgehead atoms. The first kappa shape index (κ1) is 9.05. The molecule has 1 aliphatic carbocycles. The van der Waals surface area contributed by atoms with Crippen molar-refractivity contribution in [3.63, 3.8) is 0 Å². The molecule has 0 aromatic carbocycles. The van der Waals surface area contributed by atoms with E-state index in [-0.39, 0.29) is 5.41 Å². The molecule has 0 aromatic heterocycles. The van der Waals surface area contributed by atoms with Crippen LogP contribution in [0, 0.1) is 17.3 Å². The van der Waals surface area contributed by atoms with Crippen molar-refractivity contribution in [3.05, 3.63) is 0 Å². The highest BCUT2D eigenvalue weighted by Crippen LogP contribution is 2.43. The molecule has 0 saturated heterocycles. The Morgan fingerprint density at radius 3 is 2.45 bits per heavy atom. The van der Waals surface area contributed by atoms with Gasteiger partial charge in [-0.05, 0) is 36.5 Å². The molecule has 0 aliphatic heterocycles. The maximum absolute atomic E-state index is 9.12. The van der Waals surface area contributed by atoms with Gasteiger partial charge in [-0.25, -0.2) is 0 Å². The van der Waals surface area contributed by atoms with Crippen molar-refractivity contribution < 1.29 is 5.11 Å². The first-order chi connectivity index (χ1) is 5.07. The zero-order valence-electron chi connectivity index (χ0n) is 7.93. The summed E-state index contributed by atoms with van der Waals surface area (Å²) in [5.74, 6) is 1.65. The van der Waals surface area contributed by atoms with E-state index in [1.165, 1.54) is 19.3 Å². The zero-order chi connectivity index (χ0) is 8.48. The maximum Gasteiger partial charge on any atom is 0.0484 e. The lowest BCUT2D eigenvalue weighted by Gasteiger charge is -2.21. The average Bonchev–Trinajstić information content (AvgIpc) is 2.33. The second-order valence-corrected chi connectivity index (χ2v) is 4.72. The van der Waals surface area contributed by atoms with Crippen LogP contribution in [0.5, 0.6) is 0 Å². The third-order valence-corrected chi connectivity index (χ3v) is 3.20. The fourth-order valence-electron chi connectivity index (χ4n) is 2.08. The Kier molecular flexibility index (Phi) is 2.58. The Morgan fingerprint density at radius 2 is 2.18 bits per heavy atom. The van der Waals surface area contributed by atoms with Gasteiger partial charge in [0.05, 0.1) is 0 Å². The number of aliphatic hydroxyl groups is 1. The summed E-state index contributed by atoms with van der Waals surface area (Å²) in [4.78, 5) is 0. The van der Waals surface area contributed by atoms with E-state index in [0.29, 0.717) is 6.61 Å². The van der Waals surface area contributed by atoms with Gasteiger partial charge in [-0.3, -0.25) is 0 Å². The molecular weight excluding hydrogens is 136 g/mol. The number of rotatable bonds is 2. The average molecular weight is 156 g/mol. The van der Waals surface area contributed by atoms with Crippen molar-refractivity contribution in [1.82, 2.24) is 0 Å². The minimum absolute atomic E-state index is 0.245. The van der Waals surface area contributed by atoms with E-state index in [0.717, 1.165) is 11.8 Å². The summed E-state index contributed by atoms with van der Waals surface area (Å²) in [6, 6.07) is 0. The molecule has 11 heavy (non-hydrogen) atoms. The highest BCUT2D eigenvalue weighted by atomic mass is 16.3. The van der Waals surface area contributed by atoms with Crippen LogP contribution in [-0.4, -0.2) is 11.7 Å². The largest absolute Gasteiger partial charge is 0.396 e. The van der Waals surface area contributed by atoms with Gasteiger partial charge in [0.1, 0.15) is 0 Å². The van der Waals surface area contributed by atoms with Gasteiger partial charge in [-0.1, -0.05) is 20.8 Å². The molecule has 1 fully saturated rings. The zero-order valence-corrected chi connectivity index (χ0v) is 7.93. The van der Waals surface area contributed by atoms with Crippen molar-refractivity contribution in [1.29, 1.82) is 0 Å². The quantitative estimate of drug-likeness (QED) is 0.651. The van der Waals surface area contributed by atoms with Crippen LogP contribution in [0.4, 0.5) is 0 Å². The molecule has 0 amide bonds. The van der Waals surface area contributed by atoms with Crippen molar-refractivity contribution in [2.75, 3.05) is 6.61 Å². The Labute approximate surface area is 69.8 Å². The van der Waals surface area contributed by atoms with Crippen LogP contribution in [0.15, 0.2) is 0 Å². The molecule has 1 N–H and O–H groups in total. The summed E-state index contributed by atoms with van der Waals surface area (Å²) in [7, 11) is 0. The number of hydrogen-bond donors (Lipinski definition) is 1. The van der Waals surface area contributed by atoms with Crippen LogP contribution >= 0.6 is 0 Å². The molecule has 0 radical (unpaired) electrons. The van der Waals surface area contributed by atoms with E-state index in [9.17, 15) is 0 Å². The monoisotopic (exact) mass is 156 g/mol. The summed E-state index contributed by atoms with van der Waals surface area (Å²) >= 11 is 0. The second kappa shape index (κ2) is 3.14. The fraction of sp³-hybridized carbons (Fsp3) is 1.00. The van der Waals surface area contributed by atoms with Crippen LogP contribution in [0.3, 0.4) is 0 Å². The summed E-state index contributed by atoms with van der Waals surface area (Å²) in [6.07, 6.45) is 3.75. The highest BCUT2D eigenvalue weighted by Gasteiger charge is 2.35. The van der Waals surface area contributed by atoms with Crippen molar-refractivity contribution in [2.24, 2.45) is 17.3 Å². The van der Waals surface area contributed by atoms with E-state index in [1.54, 1.807) is 0 Å². The highest BCUT2D eigenvalue weighted by molar-refractivity contribution is 4.86. The van der Waals surface area contributed by atoms with Gasteiger partial charge in [0.25, 0.3) is 0 Å². The Hall–Kier alpha value is -0.0400. The normalized spacial score (nSPS) is 38.5. The topological polar surface area (TPSA) is 20.2 Å². The third kappa shape index (κ3) is 1.96. The fourth-order valence-corrected chi connectivity index (χ4v) is 2.08. The SMILES string of the molecule is CC(C)[C@H]1CC[C@@](C)(CO)C1. The lowest BCUT2D eigenvalue weighted by atomic mass is 9.86. The Morgan fingerprint density at radius 1 is 1.55 bits per heavy atom. The summed E-state index contributed by atoms with van der Waals surface area (Å²) in [5.41, 5.74) is 0.245. The standard InChI is InChI=1S/C10H20O/c1-8(2)9-4-5-10(3,6-9)7-11/h8-9,11H,4-7H2,1-3H3/t9-,10+/m0/s1. The summed E-state index contributed by atoms with van der Waals surface area (Å²) in [6.45, 7) is 7.15. The molecule has 0 spiro atoms. The predicted molar refractivity (Wildman–Crippen MR) is 47.4 cm³/mol. The summed E-state index contributed by atoms with van der Waals surface area (Å²) < 4.78 is 0. The van der Waals surface area contributed by atoms with E-state index < -0.39 is 0 Å². The molecule has 0 aromatic rings. The van der Waals surface area contributed by atoms with Gasteiger partial charge in [-0.2, -0.15) is 0 Å². The first-order valence-corrected chi connectivity index (χ1v) is 4.68. The predicted octanol–water partition coefficient (Wildman–Crippen LogP) is 2.44.